The normalized spacial score (nSPS) is 12.2. The molecule has 0 bridgehead atoms. The van der Waals surface area contributed by atoms with Gasteiger partial charge in [0.25, 0.3) is 0 Å². The molecule has 0 aliphatic carbocycles. The van der Waals surface area contributed by atoms with E-state index >= 15 is 0 Å². The molecule has 5 atom stereocenters. The molecule has 1 N–H and O–H groups in total. The van der Waals surface area contributed by atoms with Crippen LogP contribution in [-0.4, -0.2) is 141 Å². The van der Waals surface area contributed by atoms with Gasteiger partial charge in [0.05, 0.1) is 6.61 Å². The maximum absolute atomic E-state index is 10.8. The number of unbranched alkanes of at least 4 members (excludes halogenated alkanes) is 3. The van der Waals surface area contributed by atoms with Crippen molar-refractivity contribution in [3.63, 3.8) is 0 Å². The quantitative estimate of drug-likeness (QED) is 0.0266. The maximum Gasteiger partial charge on any atom is 0.302 e. The van der Waals surface area contributed by atoms with Crippen molar-refractivity contribution in [1.29, 1.82) is 0 Å². The number of nitrogens with one attached hydrogen (secondary N) is 1. The standard InChI is InChI=1S/C12H24NO.C12H23O.C11H20NO4.C11H19O2.C10H17O2.C9H15NO.C9H15O2.8Y/c1-12(2,3)9-11(10-14)7-5-6-8-13-4;1-5-6-7-8-11(10-13)9-12(2,3)4;1-10(14)16-8-6-12(11(2,3)4)5-7-15-9-13;1-9(13)5-6-10(8-12)7-11(2,3)4;1-8(12)5-9(7-11)6-10(2,3)4;1-5-6-10(7-8-11)9(2,3)4;1-7(11)8(6-10)5-9(2,3)4;;;;;;;;/h11,13H,5-9H2,1-4H3;11H,5-9H2,1-4H3;5-8H2,1-4H3;10H,5-7H2,1-4H3;9H,5-6H2,1-4H3;1,6-7H2,2-4H3;8H,5H2,1-4H3;;;;;;;;/q5*-1;-2;-1;;;;;;;;. The molecule has 554 valence electrons. The Morgan fingerprint density at radius 1 is 0.449 bits per heavy atom. The van der Waals surface area contributed by atoms with E-state index in [1.165, 1.54) is 46.5 Å². The van der Waals surface area contributed by atoms with E-state index in [2.05, 4.69) is 130 Å². The molecule has 0 aromatic carbocycles. The monoisotopic (exact) mass is 1980 g/mol. The molecule has 0 saturated heterocycles. The first-order valence-electron chi connectivity index (χ1n) is 32.4. The van der Waals surface area contributed by atoms with Gasteiger partial charge in [-0.25, -0.2) is 0 Å². The average molecular weight is 1980 g/mol. The zero-order valence-corrected chi connectivity index (χ0v) is 89.7. The first-order valence-corrected chi connectivity index (χ1v) is 32.4. The number of rotatable bonds is 36. The van der Waals surface area contributed by atoms with Crippen LogP contribution in [0.2, 0.25) is 0 Å². The molecule has 0 heterocycles. The van der Waals surface area contributed by atoms with Gasteiger partial charge in [0.15, 0.2) is 0 Å². The maximum atomic E-state index is 10.8. The van der Waals surface area contributed by atoms with Gasteiger partial charge in [0, 0.05) is 299 Å². The third-order valence-corrected chi connectivity index (χ3v) is 13.0. The van der Waals surface area contributed by atoms with Crippen LogP contribution in [-0.2, 0) is 324 Å². The van der Waals surface area contributed by atoms with Gasteiger partial charge >= 0.3 is 5.97 Å². The van der Waals surface area contributed by atoms with Gasteiger partial charge in [-0.2, -0.15) is 0 Å². The summed E-state index contributed by atoms with van der Waals surface area (Å²) < 4.78 is 9.41. The minimum atomic E-state index is -0.532. The molecule has 16 nitrogen and oxygen atoms in total. The molecule has 0 spiro atoms. The molecule has 0 aromatic rings. The number of ether oxygens (including phenoxy) is 2. The minimum absolute atomic E-state index is 0. The predicted molar refractivity (Wildman–Crippen MR) is 370 cm³/mol. The van der Waals surface area contributed by atoms with E-state index < -0.39 is 5.92 Å². The topological polar surface area (TPSA) is 225 Å². The van der Waals surface area contributed by atoms with Crippen molar-refractivity contribution < 1.29 is 324 Å². The number of Topliss-reactive ketones (excluding diaryl/α,β-unsaturated/α-hetero) is 3. The van der Waals surface area contributed by atoms with Crippen molar-refractivity contribution in [3.05, 3.63) is 12.7 Å². The van der Waals surface area contributed by atoms with Crippen LogP contribution in [0.5, 0.6) is 0 Å². The molecule has 0 aliphatic rings. The van der Waals surface area contributed by atoms with E-state index in [4.69, 9.17) is 4.74 Å². The van der Waals surface area contributed by atoms with Gasteiger partial charge < -0.3 is 73.7 Å². The molecule has 24 heteroatoms. The number of ketones is 3. The summed E-state index contributed by atoms with van der Waals surface area (Å²) in [6.07, 6.45) is 28.1. The number of carbonyl (C=O) groups excluding carboxylic acids is 11. The summed E-state index contributed by atoms with van der Waals surface area (Å²) in [4.78, 5) is 120. The van der Waals surface area contributed by atoms with Gasteiger partial charge in [-0.15, -0.1) is 36.8 Å². The molecule has 0 fully saturated rings. The summed E-state index contributed by atoms with van der Waals surface area (Å²) in [5, 5.41) is 3.11. The molecule has 98 heavy (non-hydrogen) atoms. The Labute approximate surface area is 803 Å². The molecular weight excluding hydrogens is 1850 g/mol. The third-order valence-electron chi connectivity index (χ3n) is 13.0. The molecule has 0 rings (SSSR count). The Kier molecular flexibility index (Phi) is 114. The van der Waals surface area contributed by atoms with Crippen molar-refractivity contribution >= 4 is 67.5 Å². The van der Waals surface area contributed by atoms with Crippen LogP contribution in [0.3, 0.4) is 0 Å². The first kappa shape index (κ1) is 138. The zero-order valence-electron chi connectivity index (χ0n) is 67.0. The molecule has 0 aliphatic heterocycles. The smallest absolute Gasteiger partial charge is 0.302 e. The summed E-state index contributed by atoms with van der Waals surface area (Å²) >= 11 is 0. The van der Waals surface area contributed by atoms with E-state index in [1.807, 2.05) is 93.1 Å². The van der Waals surface area contributed by atoms with Gasteiger partial charge in [-0.3, -0.25) is 54.0 Å². The average Bonchev–Trinajstić information content (AvgIpc) is 1.14. The first-order chi connectivity index (χ1) is 40.9. The number of carbonyl (C=O) groups is 4. The van der Waals surface area contributed by atoms with Crippen LogP contribution in [0.4, 0.5) is 0 Å². The molecule has 8 radical (unpaired) electrons. The molecule has 0 aromatic heterocycles. The number of hydrogen-bond acceptors (Lipinski definition) is 16. The largest absolute Gasteiger partial charge is 0.652 e. The van der Waals surface area contributed by atoms with Crippen LogP contribution in [0.25, 0.3) is 0 Å². The fourth-order valence-corrected chi connectivity index (χ4v) is 8.68. The van der Waals surface area contributed by atoms with E-state index in [0.717, 1.165) is 57.9 Å². The van der Waals surface area contributed by atoms with Crippen molar-refractivity contribution in [3.8, 4) is 0 Å². The van der Waals surface area contributed by atoms with Crippen LogP contribution in [0, 0.1) is 62.7 Å². The van der Waals surface area contributed by atoms with Crippen LogP contribution >= 0.6 is 0 Å². The van der Waals surface area contributed by atoms with E-state index in [0.29, 0.717) is 65.1 Å². The van der Waals surface area contributed by atoms with Crippen molar-refractivity contribution in [2.75, 3.05) is 53.0 Å². The Morgan fingerprint density at radius 2 is 0.806 bits per heavy atom. The fourth-order valence-electron chi connectivity index (χ4n) is 8.68. The predicted octanol–water partition coefficient (Wildman–Crippen LogP) is 14.5. The Hall–Kier alpha value is 4.42. The summed E-state index contributed by atoms with van der Waals surface area (Å²) in [5.74, 6) is -0.706. The molecule has 5 unspecified atom stereocenters. The van der Waals surface area contributed by atoms with E-state index in [1.54, 1.807) is 13.2 Å². The van der Waals surface area contributed by atoms with Crippen LogP contribution in [0.15, 0.2) is 6.58 Å². The van der Waals surface area contributed by atoms with Gasteiger partial charge in [0.2, 0.25) is 0 Å². The second kappa shape index (κ2) is 80.9. The SMILES string of the molecule is C=[C-]CN(C[C-]=O)C(C)(C)C.CC(=O)C([C-]=O)CC(C)(C)C.CC(=O)CC([C-]=O)CC(C)(C)C.CC(=O)CCC([C-]=O)CC(C)(C)C.CC(=O)OCCN(CCO[C-]=O)C(C)(C)C.CCCCCC([C-]=O)CC(C)(C)C.CNCCCCC([C-]=O)CC(C)(C)C.[Y].[Y].[Y].[Y].[Y].[Y].[Y].[Y]. The number of esters is 1. The van der Waals surface area contributed by atoms with Crippen molar-refractivity contribution in [2.45, 2.75) is 287 Å². The number of nitrogens with zero attached hydrogens (tertiary/aromatic N) is 2. The third kappa shape index (κ3) is 116. The summed E-state index contributed by atoms with van der Waals surface area (Å²) in [6, 6.07) is 0. The van der Waals surface area contributed by atoms with Crippen molar-refractivity contribution in [2.24, 2.45) is 56.7 Å². The molecule has 0 amide bonds. The molecular formula is C74H133N3O13Y8-8. The minimum Gasteiger partial charge on any atom is -0.652 e. The summed E-state index contributed by atoms with van der Waals surface area (Å²) in [5.41, 5.74) is 0.679. The second-order valence-electron chi connectivity index (χ2n) is 31.5. The zero-order chi connectivity index (χ0) is 72.2. The van der Waals surface area contributed by atoms with E-state index in [9.17, 15) is 52.7 Å². The van der Waals surface area contributed by atoms with Crippen LogP contribution < -0.4 is 5.32 Å². The van der Waals surface area contributed by atoms with Gasteiger partial charge in [0.1, 0.15) is 24.0 Å². The van der Waals surface area contributed by atoms with Gasteiger partial charge in [-0.1, -0.05) is 200 Å². The Balaban J connectivity index is -0.0000000624. The second-order valence-corrected chi connectivity index (χ2v) is 31.5. The fraction of sp³-hybridized carbons (Fsp3) is 0.824. The molecule has 0 saturated carbocycles. The Morgan fingerprint density at radius 3 is 1.06 bits per heavy atom. The van der Waals surface area contributed by atoms with E-state index in [-0.39, 0.29) is 347 Å². The van der Waals surface area contributed by atoms with Gasteiger partial charge in [-0.05, 0) is 116 Å². The van der Waals surface area contributed by atoms with Crippen molar-refractivity contribution in [1.82, 2.24) is 15.1 Å². The summed E-state index contributed by atoms with van der Waals surface area (Å²) in [6.45, 7) is 60.5. The van der Waals surface area contributed by atoms with Crippen LogP contribution in [0.1, 0.15) is 276 Å². The number of hydrogen-bond donors (Lipinski definition) is 1. The summed E-state index contributed by atoms with van der Waals surface area (Å²) in [7, 11) is 1.96. The Bertz CT molecular complexity index is 1930.